The van der Waals surface area contributed by atoms with Crippen molar-refractivity contribution in [3.05, 3.63) is 101 Å². The minimum atomic E-state index is -1.08. The van der Waals surface area contributed by atoms with Crippen molar-refractivity contribution in [2.24, 2.45) is 0 Å². The van der Waals surface area contributed by atoms with Gasteiger partial charge in [-0.15, -0.1) is 0 Å². The molecule has 3 aromatic carbocycles. The molecule has 6 rings (SSSR count). The van der Waals surface area contributed by atoms with Gasteiger partial charge in [0, 0.05) is 19.4 Å². The number of rotatable bonds is 4. The Hall–Kier alpha value is -4.66. The summed E-state index contributed by atoms with van der Waals surface area (Å²) in [5, 5.41) is 10.2. The molecule has 9 nitrogen and oxygen atoms in total. The van der Waals surface area contributed by atoms with Gasteiger partial charge in [-0.3, -0.25) is 14.5 Å². The molecule has 1 fully saturated rings. The van der Waals surface area contributed by atoms with Crippen LogP contribution >= 0.6 is 0 Å². The first kappa shape index (κ1) is 29.4. The number of likely N-dealkylation sites (tertiary alicyclic amines) is 1. The highest BCUT2D eigenvalue weighted by Crippen LogP contribution is 2.42. The number of carboxylic acid groups (broad SMARTS) is 1. The fraction of sp³-hybridized carbons (Fsp3) is 0.371. The van der Waals surface area contributed by atoms with Gasteiger partial charge in [0.05, 0.1) is 11.7 Å². The predicted molar refractivity (Wildman–Crippen MR) is 164 cm³/mol. The minimum absolute atomic E-state index is 0.152. The first-order chi connectivity index (χ1) is 21.0. The summed E-state index contributed by atoms with van der Waals surface area (Å²) >= 11 is 0. The number of fused-ring (bicyclic) bond motifs is 2. The van der Waals surface area contributed by atoms with Gasteiger partial charge >= 0.3 is 12.1 Å². The molecule has 0 saturated carbocycles. The normalized spacial score (nSPS) is 22.8. The SMILES string of the molecule is CC(C)(C)OC(=O)N1c2ccccc2CC1C(=O)N1C(C(=O)N2Cc3ccccc3CC2C(=O)O)CCC1c1ccccc1. The lowest BCUT2D eigenvalue weighted by Crippen LogP contribution is -2.58. The smallest absolute Gasteiger partial charge is 0.415 e. The molecule has 0 aliphatic carbocycles. The molecule has 3 aromatic rings. The van der Waals surface area contributed by atoms with Crippen molar-refractivity contribution in [3.63, 3.8) is 0 Å². The zero-order chi connectivity index (χ0) is 31.2. The molecule has 0 aromatic heterocycles. The number of para-hydroxylation sites is 1. The molecule has 3 aliphatic rings. The maximum absolute atomic E-state index is 14.8. The molecule has 4 unspecified atom stereocenters. The first-order valence-electron chi connectivity index (χ1n) is 15.1. The lowest BCUT2D eigenvalue weighted by molar-refractivity contribution is -0.155. The van der Waals surface area contributed by atoms with E-state index in [0.29, 0.717) is 18.5 Å². The lowest BCUT2D eigenvalue weighted by atomic mass is 9.93. The molecule has 228 valence electrons. The van der Waals surface area contributed by atoms with Gasteiger partial charge < -0.3 is 19.6 Å². The van der Waals surface area contributed by atoms with Crippen LogP contribution in [0.5, 0.6) is 0 Å². The van der Waals surface area contributed by atoms with Gasteiger partial charge in [0.1, 0.15) is 23.7 Å². The van der Waals surface area contributed by atoms with Crippen molar-refractivity contribution in [1.29, 1.82) is 0 Å². The molecule has 1 saturated heterocycles. The Morgan fingerprint density at radius 2 is 1.34 bits per heavy atom. The highest BCUT2D eigenvalue weighted by atomic mass is 16.6. The van der Waals surface area contributed by atoms with Gasteiger partial charge in [0.2, 0.25) is 11.8 Å². The second-order valence-corrected chi connectivity index (χ2v) is 12.8. The number of ether oxygens (including phenoxy) is 1. The van der Waals surface area contributed by atoms with E-state index in [1.54, 1.807) is 31.7 Å². The summed E-state index contributed by atoms with van der Waals surface area (Å²) in [6.07, 6.45) is 0.755. The third-order valence-electron chi connectivity index (χ3n) is 8.78. The number of anilines is 1. The van der Waals surface area contributed by atoms with E-state index in [9.17, 15) is 24.3 Å². The molecule has 3 heterocycles. The van der Waals surface area contributed by atoms with E-state index in [1.165, 1.54) is 9.80 Å². The summed E-state index contributed by atoms with van der Waals surface area (Å²) in [7, 11) is 0. The van der Waals surface area contributed by atoms with Gasteiger partial charge in [0.25, 0.3) is 0 Å². The van der Waals surface area contributed by atoms with E-state index >= 15 is 0 Å². The van der Waals surface area contributed by atoms with Crippen molar-refractivity contribution < 1.29 is 29.0 Å². The highest BCUT2D eigenvalue weighted by Gasteiger charge is 2.50. The summed E-state index contributed by atoms with van der Waals surface area (Å²) in [5.41, 5.74) is 3.36. The topological polar surface area (TPSA) is 107 Å². The van der Waals surface area contributed by atoms with Crippen LogP contribution < -0.4 is 4.90 Å². The molecular formula is C35H37N3O6. The Kier molecular flexibility index (Phi) is 7.65. The Bertz CT molecular complexity index is 1600. The fourth-order valence-electron chi connectivity index (χ4n) is 6.82. The maximum Gasteiger partial charge on any atom is 0.415 e. The molecule has 0 radical (unpaired) electrons. The molecule has 3 amide bonds. The van der Waals surface area contributed by atoms with Gasteiger partial charge in [-0.2, -0.15) is 0 Å². The third-order valence-corrected chi connectivity index (χ3v) is 8.78. The first-order valence-corrected chi connectivity index (χ1v) is 15.1. The molecule has 0 bridgehead atoms. The molecule has 9 heteroatoms. The molecule has 44 heavy (non-hydrogen) atoms. The number of hydrogen-bond donors (Lipinski definition) is 1. The Labute approximate surface area is 257 Å². The standard InChI is InChI=1S/C35H37N3O6/c1-35(2,3)44-34(43)38-26-16-10-9-14-24(26)20-29(38)32(40)37-27(22-11-5-4-6-12-22)17-18-28(37)31(39)36-21-25-15-8-7-13-23(25)19-30(36)33(41)42/h4-16,27-30H,17-21H2,1-3H3,(H,41,42). The average molecular weight is 596 g/mol. The molecule has 1 N–H and O–H groups in total. The number of hydrogen-bond acceptors (Lipinski definition) is 5. The number of carboxylic acids is 1. The van der Waals surface area contributed by atoms with E-state index in [1.807, 2.05) is 72.8 Å². The predicted octanol–water partition coefficient (Wildman–Crippen LogP) is 5.12. The minimum Gasteiger partial charge on any atom is -0.480 e. The zero-order valence-corrected chi connectivity index (χ0v) is 25.2. The Morgan fingerprint density at radius 3 is 2.02 bits per heavy atom. The third kappa shape index (κ3) is 5.42. The Balaban J connectivity index is 1.38. The van der Waals surface area contributed by atoms with Crippen molar-refractivity contribution in [2.75, 3.05) is 4.90 Å². The molecular weight excluding hydrogens is 558 g/mol. The summed E-state index contributed by atoms with van der Waals surface area (Å²) in [5.74, 6) is -1.83. The van der Waals surface area contributed by atoms with Gasteiger partial charge in [-0.1, -0.05) is 72.8 Å². The lowest BCUT2D eigenvalue weighted by Gasteiger charge is -2.40. The summed E-state index contributed by atoms with van der Waals surface area (Å²) in [6.45, 7) is 5.49. The van der Waals surface area contributed by atoms with Crippen LogP contribution in [0.3, 0.4) is 0 Å². The van der Waals surface area contributed by atoms with Crippen molar-refractivity contribution >= 4 is 29.6 Å². The molecule has 4 atom stereocenters. The van der Waals surface area contributed by atoms with E-state index < -0.39 is 47.7 Å². The Morgan fingerprint density at radius 1 is 0.727 bits per heavy atom. The average Bonchev–Trinajstić information content (AvgIpc) is 3.62. The van der Waals surface area contributed by atoms with E-state index in [0.717, 1.165) is 22.3 Å². The van der Waals surface area contributed by atoms with Crippen LogP contribution in [0, 0.1) is 0 Å². The van der Waals surface area contributed by atoms with Gasteiger partial charge in [-0.25, -0.2) is 9.59 Å². The number of nitrogens with zero attached hydrogens (tertiary/aromatic N) is 3. The van der Waals surface area contributed by atoms with E-state index in [4.69, 9.17) is 4.74 Å². The number of carbonyl (C=O) groups is 4. The molecule has 3 aliphatic heterocycles. The van der Waals surface area contributed by atoms with Crippen molar-refractivity contribution in [2.45, 2.75) is 82.8 Å². The van der Waals surface area contributed by atoms with Crippen LogP contribution in [0.2, 0.25) is 0 Å². The van der Waals surface area contributed by atoms with Crippen LogP contribution in [-0.2, 0) is 38.5 Å². The number of benzene rings is 3. The summed E-state index contributed by atoms with van der Waals surface area (Å²) in [4.78, 5) is 59.7. The quantitative estimate of drug-likeness (QED) is 0.449. The monoisotopic (exact) mass is 595 g/mol. The second kappa shape index (κ2) is 11.4. The largest absolute Gasteiger partial charge is 0.480 e. The van der Waals surface area contributed by atoms with E-state index in [-0.39, 0.29) is 25.3 Å². The molecule has 0 spiro atoms. The maximum atomic E-state index is 14.8. The second-order valence-electron chi connectivity index (χ2n) is 12.8. The van der Waals surface area contributed by atoms with Crippen LogP contribution in [0.15, 0.2) is 78.9 Å². The van der Waals surface area contributed by atoms with Gasteiger partial charge in [-0.05, 0) is 61.9 Å². The van der Waals surface area contributed by atoms with Crippen molar-refractivity contribution in [1.82, 2.24) is 9.80 Å². The summed E-state index contributed by atoms with van der Waals surface area (Å²) < 4.78 is 5.75. The van der Waals surface area contributed by atoms with Crippen LogP contribution in [0.4, 0.5) is 10.5 Å². The van der Waals surface area contributed by atoms with Crippen LogP contribution in [0.1, 0.15) is 61.9 Å². The fourth-order valence-corrected chi connectivity index (χ4v) is 6.82. The van der Waals surface area contributed by atoms with E-state index in [2.05, 4.69) is 0 Å². The summed E-state index contributed by atoms with van der Waals surface area (Å²) in [6, 6.07) is 21.2. The number of amides is 3. The van der Waals surface area contributed by atoms with Crippen LogP contribution in [0.25, 0.3) is 0 Å². The number of aliphatic carboxylic acids is 1. The zero-order valence-electron chi connectivity index (χ0n) is 25.2. The van der Waals surface area contributed by atoms with Crippen molar-refractivity contribution in [3.8, 4) is 0 Å². The van der Waals surface area contributed by atoms with Crippen LogP contribution in [-0.4, -0.2) is 62.5 Å². The highest BCUT2D eigenvalue weighted by molar-refractivity contribution is 6.02. The van der Waals surface area contributed by atoms with Gasteiger partial charge in [0.15, 0.2) is 0 Å². The number of carbonyl (C=O) groups excluding carboxylic acids is 3.